The third-order valence-corrected chi connectivity index (χ3v) is 8.12. The predicted octanol–water partition coefficient (Wildman–Crippen LogP) is 4.31. The number of fused-ring (bicyclic) bond motifs is 1. The minimum atomic E-state index is -1.07. The second kappa shape index (κ2) is 13.4. The zero-order valence-corrected chi connectivity index (χ0v) is 25.5. The van der Waals surface area contributed by atoms with E-state index in [0.717, 1.165) is 16.7 Å². The van der Waals surface area contributed by atoms with Crippen LogP contribution in [0.5, 0.6) is 11.5 Å². The maximum atomic E-state index is 12.4. The number of nitrogens with one attached hydrogen (secondary N) is 1. The molecule has 0 saturated carbocycles. The number of nitrogens with two attached hydrogens (primary N) is 1. The highest BCUT2D eigenvalue weighted by Crippen LogP contribution is 2.43. The lowest BCUT2D eigenvalue weighted by Crippen LogP contribution is -2.38. The molecule has 5 aromatic rings. The summed E-state index contributed by atoms with van der Waals surface area (Å²) in [5.74, 6) is 1.41. The summed E-state index contributed by atoms with van der Waals surface area (Å²) in [6.45, 7) is 0.341. The smallest absolute Gasteiger partial charge is 0.280 e. The molecule has 1 fully saturated rings. The van der Waals surface area contributed by atoms with Crippen LogP contribution >= 0.6 is 0 Å². The number of nitrogen functional groups attached to an aromatic ring is 1. The molecule has 3 aromatic carbocycles. The SMILES string of the molecule is COc1ccc(C(OC[C@H]2O[C@@H](n3cnc4c(=O)[nH]c(N)nc43)C[C@@H]2OCCC#N)(c2ccccc2)c2ccc(OC)cc2)cc1. The first-order valence-electron chi connectivity index (χ1n) is 14.8. The number of nitriles is 1. The second-order valence-corrected chi connectivity index (χ2v) is 10.8. The molecule has 0 unspecified atom stereocenters. The molecule has 3 atom stereocenters. The van der Waals surface area contributed by atoms with Gasteiger partial charge in [0.1, 0.15) is 29.4 Å². The number of hydrogen-bond donors (Lipinski definition) is 2. The molecule has 3 heterocycles. The molecule has 2 aromatic heterocycles. The van der Waals surface area contributed by atoms with Crippen molar-refractivity contribution in [1.82, 2.24) is 19.5 Å². The quantitative estimate of drug-likeness (QED) is 0.152. The summed E-state index contributed by atoms with van der Waals surface area (Å²) in [6.07, 6.45) is 0.572. The van der Waals surface area contributed by atoms with Crippen LogP contribution in [0, 0.1) is 11.3 Å². The van der Waals surface area contributed by atoms with Crippen molar-refractivity contribution in [3.05, 3.63) is 112 Å². The van der Waals surface area contributed by atoms with Crippen LogP contribution in [0.25, 0.3) is 11.2 Å². The summed E-state index contributed by atoms with van der Waals surface area (Å²) in [4.78, 5) is 23.5. The van der Waals surface area contributed by atoms with E-state index in [9.17, 15) is 10.1 Å². The van der Waals surface area contributed by atoms with Gasteiger partial charge in [-0.2, -0.15) is 10.2 Å². The molecule has 6 rings (SSSR count). The Morgan fingerprint density at radius 3 is 2.24 bits per heavy atom. The molecule has 1 saturated heterocycles. The summed E-state index contributed by atoms with van der Waals surface area (Å²) in [6, 6.07) is 27.6. The van der Waals surface area contributed by atoms with Gasteiger partial charge in [-0.05, 0) is 41.0 Å². The van der Waals surface area contributed by atoms with E-state index in [0.29, 0.717) is 23.6 Å². The highest BCUT2D eigenvalue weighted by molar-refractivity contribution is 5.70. The van der Waals surface area contributed by atoms with Crippen molar-refractivity contribution >= 4 is 17.1 Å². The van der Waals surface area contributed by atoms with Gasteiger partial charge in [0.25, 0.3) is 5.56 Å². The first-order chi connectivity index (χ1) is 22.5. The van der Waals surface area contributed by atoms with Crippen LogP contribution in [0.3, 0.4) is 0 Å². The first kappa shape index (κ1) is 30.8. The van der Waals surface area contributed by atoms with Crippen molar-refractivity contribution in [2.24, 2.45) is 0 Å². The highest BCUT2D eigenvalue weighted by Gasteiger charge is 2.43. The van der Waals surface area contributed by atoms with E-state index >= 15 is 0 Å². The lowest BCUT2D eigenvalue weighted by atomic mass is 9.80. The highest BCUT2D eigenvalue weighted by atomic mass is 16.6. The van der Waals surface area contributed by atoms with Crippen molar-refractivity contribution in [2.45, 2.75) is 36.9 Å². The number of aromatic nitrogens is 4. The minimum absolute atomic E-state index is 0.0226. The summed E-state index contributed by atoms with van der Waals surface area (Å²) < 4.78 is 32.4. The second-order valence-electron chi connectivity index (χ2n) is 10.8. The molecular weight excluding hydrogens is 588 g/mol. The van der Waals surface area contributed by atoms with Crippen LogP contribution < -0.4 is 20.8 Å². The number of benzene rings is 3. The Morgan fingerprint density at radius 1 is 1.00 bits per heavy atom. The maximum absolute atomic E-state index is 12.4. The Labute approximate surface area is 265 Å². The number of H-pyrrole nitrogens is 1. The molecule has 1 aliphatic heterocycles. The minimum Gasteiger partial charge on any atom is -0.497 e. The molecule has 0 aliphatic carbocycles. The molecule has 0 bridgehead atoms. The number of nitrogens with zero attached hydrogens (tertiary/aromatic N) is 4. The number of imidazole rings is 1. The van der Waals surface area contributed by atoms with E-state index in [1.165, 1.54) is 6.33 Å². The van der Waals surface area contributed by atoms with E-state index in [1.807, 2.05) is 78.9 Å². The summed E-state index contributed by atoms with van der Waals surface area (Å²) in [7, 11) is 3.26. The van der Waals surface area contributed by atoms with Crippen molar-refractivity contribution in [2.75, 3.05) is 33.2 Å². The number of ether oxygens (including phenoxy) is 5. The van der Waals surface area contributed by atoms with Crippen molar-refractivity contribution in [3.8, 4) is 17.6 Å². The molecule has 12 heteroatoms. The van der Waals surface area contributed by atoms with E-state index in [4.69, 9.17) is 29.4 Å². The number of anilines is 1. The standard InChI is InChI=1S/C34H34N6O6/c1-42-25-13-9-23(10-14-25)34(22-7-4-3-5-8-22,24-11-15-26(43-2)16-12-24)45-20-28-27(44-18-6-17-35)19-29(46-28)40-21-37-30-31(40)38-33(36)39-32(30)41/h3-5,7-16,21,27-29H,6,18-20H2,1-2H3,(H3,36,38,39,41)/t27-,28+,29+/m0/s1. The molecule has 3 N–H and O–H groups in total. The number of hydrogen-bond acceptors (Lipinski definition) is 10. The number of aromatic amines is 1. The van der Waals surface area contributed by atoms with Gasteiger partial charge in [0.05, 0.1) is 52.4 Å². The molecule has 0 amide bonds. The van der Waals surface area contributed by atoms with E-state index < -0.39 is 29.6 Å². The molecular formula is C34H34N6O6. The Morgan fingerprint density at radius 2 is 1.63 bits per heavy atom. The zero-order valence-electron chi connectivity index (χ0n) is 25.5. The average molecular weight is 623 g/mol. The van der Waals surface area contributed by atoms with E-state index in [2.05, 4.69) is 21.0 Å². The van der Waals surface area contributed by atoms with E-state index in [1.54, 1.807) is 18.8 Å². The zero-order chi connectivity index (χ0) is 32.1. The van der Waals surface area contributed by atoms with Gasteiger partial charge in [-0.15, -0.1) is 0 Å². The van der Waals surface area contributed by atoms with Crippen LogP contribution in [0.1, 0.15) is 35.8 Å². The summed E-state index contributed by atoms with van der Waals surface area (Å²) in [5, 5.41) is 9.17. The topological polar surface area (TPSA) is 160 Å². The number of methoxy groups -OCH3 is 2. The van der Waals surface area contributed by atoms with Gasteiger partial charge in [0.2, 0.25) is 5.95 Å². The Balaban J connectivity index is 1.40. The van der Waals surface area contributed by atoms with Crippen molar-refractivity contribution in [3.63, 3.8) is 0 Å². The third-order valence-electron chi connectivity index (χ3n) is 8.12. The van der Waals surface area contributed by atoms with Gasteiger partial charge < -0.3 is 29.4 Å². The van der Waals surface area contributed by atoms with Gasteiger partial charge in [0, 0.05) is 6.42 Å². The average Bonchev–Trinajstić information content (AvgIpc) is 3.70. The van der Waals surface area contributed by atoms with Gasteiger partial charge in [-0.3, -0.25) is 14.3 Å². The third kappa shape index (κ3) is 5.91. The van der Waals surface area contributed by atoms with Gasteiger partial charge >= 0.3 is 0 Å². The van der Waals surface area contributed by atoms with Crippen molar-refractivity contribution < 1.29 is 23.7 Å². The Hall–Kier alpha value is -5.22. The van der Waals surface area contributed by atoms with Gasteiger partial charge in [-0.25, -0.2) is 4.98 Å². The summed E-state index contributed by atoms with van der Waals surface area (Å²) in [5.41, 5.74) is 7.46. The lowest BCUT2D eigenvalue weighted by Gasteiger charge is -2.37. The van der Waals surface area contributed by atoms with Gasteiger partial charge in [-0.1, -0.05) is 54.6 Å². The Kier molecular flexibility index (Phi) is 8.98. The summed E-state index contributed by atoms with van der Waals surface area (Å²) >= 11 is 0. The van der Waals surface area contributed by atoms with Crippen LogP contribution in [0.15, 0.2) is 90.0 Å². The molecule has 12 nitrogen and oxygen atoms in total. The first-order valence-corrected chi connectivity index (χ1v) is 14.8. The molecule has 0 radical (unpaired) electrons. The number of rotatable bonds is 12. The molecule has 46 heavy (non-hydrogen) atoms. The normalized spacial score (nSPS) is 18.0. The maximum Gasteiger partial charge on any atom is 0.280 e. The van der Waals surface area contributed by atoms with Crippen LogP contribution in [0.2, 0.25) is 0 Å². The molecule has 0 spiro atoms. The van der Waals surface area contributed by atoms with Crippen molar-refractivity contribution in [1.29, 1.82) is 5.26 Å². The monoisotopic (exact) mass is 622 g/mol. The van der Waals surface area contributed by atoms with Crippen LogP contribution in [-0.2, 0) is 19.8 Å². The molecule has 236 valence electrons. The predicted molar refractivity (Wildman–Crippen MR) is 169 cm³/mol. The lowest BCUT2D eigenvalue weighted by molar-refractivity contribution is -0.103. The Bertz CT molecular complexity index is 1820. The fraction of sp³-hybridized carbons (Fsp3) is 0.294. The van der Waals surface area contributed by atoms with Gasteiger partial charge in [0.15, 0.2) is 11.2 Å². The fourth-order valence-corrected chi connectivity index (χ4v) is 5.89. The van der Waals surface area contributed by atoms with Crippen LogP contribution in [-0.4, -0.2) is 59.2 Å². The largest absolute Gasteiger partial charge is 0.497 e. The fourth-order valence-electron chi connectivity index (χ4n) is 5.89. The van der Waals surface area contributed by atoms with Crippen LogP contribution in [0.4, 0.5) is 5.95 Å². The molecule has 1 aliphatic rings. The van der Waals surface area contributed by atoms with E-state index in [-0.39, 0.29) is 31.1 Å².